The Kier molecular flexibility index (Phi) is 6.24. The van der Waals surface area contributed by atoms with Crippen LogP contribution in [0.5, 0.6) is 0 Å². The zero-order valence-corrected chi connectivity index (χ0v) is 8.79. The molecule has 0 aromatic carbocycles. The SMILES string of the molecule is CC.CCc1ccc(CC)s1. The van der Waals surface area contributed by atoms with Gasteiger partial charge in [-0.15, -0.1) is 11.3 Å². The minimum atomic E-state index is 1.19. The van der Waals surface area contributed by atoms with E-state index in [-0.39, 0.29) is 0 Å². The van der Waals surface area contributed by atoms with E-state index < -0.39 is 0 Å². The summed E-state index contributed by atoms with van der Waals surface area (Å²) in [4.78, 5) is 3.01. The van der Waals surface area contributed by atoms with E-state index in [1.165, 1.54) is 22.6 Å². The van der Waals surface area contributed by atoms with Gasteiger partial charge in [0.2, 0.25) is 0 Å². The van der Waals surface area contributed by atoms with Crippen LogP contribution in [-0.4, -0.2) is 0 Å². The van der Waals surface area contributed by atoms with Crippen molar-refractivity contribution < 1.29 is 0 Å². The lowest BCUT2D eigenvalue weighted by Gasteiger charge is -1.84. The van der Waals surface area contributed by atoms with Crippen molar-refractivity contribution >= 4 is 11.3 Å². The number of aryl methyl sites for hydroxylation is 2. The quantitative estimate of drug-likeness (QED) is 0.631. The third-order valence-corrected chi connectivity index (χ3v) is 2.79. The molecule has 0 spiro atoms. The summed E-state index contributed by atoms with van der Waals surface area (Å²) in [5.74, 6) is 0. The van der Waals surface area contributed by atoms with E-state index in [0.29, 0.717) is 0 Å². The van der Waals surface area contributed by atoms with E-state index in [0.717, 1.165) is 0 Å². The van der Waals surface area contributed by atoms with E-state index in [1.54, 1.807) is 0 Å². The Morgan fingerprint density at radius 3 is 1.55 bits per heavy atom. The van der Waals surface area contributed by atoms with Crippen molar-refractivity contribution in [1.82, 2.24) is 0 Å². The van der Waals surface area contributed by atoms with Gasteiger partial charge < -0.3 is 0 Å². The molecule has 0 aliphatic carbocycles. The number of rotatable bonds is 2. The second-order valence-corrected chi connectivity index (χ2v) is 3.33. The summed E-state index contributed by atoms with van der Waals surface area (Å²) in [6.45, 7) is 8.40. The van der Waals surface area contributed by atoms with E-state index in [1.807, 2.05) is 25.2 Å². The molecule has 64 valence electrons. The average Bonchev–Trinajstić information content (AvgIpc) is 2.55. The van der Waals surface area contributed by atoms with Crippen LogP contribution in [0.15, 0.2) is 12.1 Å². The van der Waals surface area contributed by atoms with Gasteiger partial charge in [-0.2, -0.15) is 0 Å². The third-order valence-electron chi connectivity index (χ3n) is 1.41. The molecule has 1 rings (SSSR count). The summed E-state index contributed by atoms with van der Waals surface area (Å²) in [5, 5.41) is 0. The minimum absolute atomic E-state index is 1.19. The van der Waals surface area contributed by atoms with Crippen molar-refractivity contribution in [2.45, 2.75) is 40.5 Å². The van der Waals surface area contributed by atoms with Gasteiger partial charge in [0.15, 0.2) is 0 Å². The van der Waals surface area contributed by atoms with Crippen LogP contribution < -0.4 is 0 Å². The zero-order valence-electron chi connectivity index (χ0n) is 7.98. The predicted molar refractivity (Wildman–Crippen MR) is 54.4 cm³/mol. The summed E-state index contributed by atoms with van der Waals surface area (Å²) >= 11 is 1.93. The molecule has 0 saturated heterocycles. The van der Waals surface area contributed by atoms with Crippen LogP contribution in [0.25, 0.3) is 0 Å². The molecule has 0 amide bonds. The van der Waals surface area contributed by atoms with Gasteiger partial charge in [0.1, 0.15) is 0 Å². The van der Waals surface area contributed by atoms with Gasteiger partial charge in [-0.3, -0.25) is 0 Å². The smallest absolute Gasteiger partial charge is 0.00454 e. The minimum Gasteiger partial charge on any atom is -0.145 e. The average molecular weight is 170 g/mol. The first kappa shape index (κ1) is 10.7. The molecule has 0 bridgehead atoms. The monoisotopic (exact) mass is 170 g/mol. The van der Waals surface area contributed by atoms with Gasteiger partial charge in [-0.05, 0) is 25.0 Å². The van der Waals surface area contributed by atoms with Crippen LogP contribution in [0.3, 0.4) is 0 Å². The van der Waals surface area contributed by atoms with Crippen molar-refractivity contribution in [1.29, 1.82) is 0 Å². The summed E-state index contributed by atoms with van der Waals surface area (Å²) in [5.41, 5.74) is 0. The predicted octanol–water partition coefficient (Wildman–Crippen LogP) is 3.90. The Morgan fingerprint density at radius 2 is 1.36 bits per heavy atom. The molecule has 0 aliphatic rings. The largest absolute Gasteiger partial charge is 0.145 e. The highest BCUT2D eigenvalue weighted by Gasteiger charge is 1.93. The Labute approximate surface area is 74.3 Å². The molecule has 11 heavy (non-hydrogen) atoms. The van der Waals surface area contributed by atoms with Crippen LogP contribution in [-0.2, 0) is 12.8 Å². The topological polar surface area (TPSA) is 0 Å². The number of hydrogen-bond donors (Lipinski definition) is 0. The van der Waals surface area contributed by atoms with Crippen molar-refractivity contribution in [2.24, 2.45) is 0 Å². The van der Waals surface area contributed by atoms with Crippen molar-refractivity contribution in [3.05, 3.63) is 21.9 Å². The molecule has 0 saturated carbocycles. The fourth-order valence-electron chi connectivity index (χ4n) is 0.802. The van der Waals surface area contributed by atoms with Crippen molar-refractivity contribution in [3.63, 3.8) is 0 Å². The normalized spacial score (nSPS) is 8.73. The van der Waals surface area contributed by atoms with Gasteiger partial charge in [0.25, 0.3) is 0 Å². The fourth-order valence-corrected chi connectivity index (χ4v) is 1.70. The summed E-state index contributed by atoms with van der Waals surface area (Å²) in [7, 11) is 0. The first-order chi connectivity index (χ1) is 5.36. The van der Waals surface area contributed by atoms with Crippen LogP contribution in [0, 0.1) is 0 Å². The second kappa shape index (κ2) is 6.41. The molecule has 0 radical (unpaired) electrons. The fraction of sp³-hybridized carbons (Fsp3) is 0.600. The molecular formula is C10H18S. The maximum absolute atomic E-state index is 2.23. The van der Waals surface area contributed by atoms with Gasteiger partial charge in [-0.25, -0.2) is 0 Å². The standard InChI is InChI=1S/C8H12S.C2H6/c1-3-7-5-6-8(4-2)9-7;1-2/h5-6H,3-4H2,1-2H3;1-2H3. The van der Waals surface area contributed by atoms with Gasteiger partial charge in [0.05, 0.1) is 0 Å². The zero-order chi connectivity index (χ0) is 8.69. The second-order valence-electron chi connectivity index (χ2n) is 2.08. The van der Waals surface area contributed by atoms with E-state index >= 15 is 0 Å². The van der Waals surface area contributed by atoms with Gasteiger partial charge in [-0.1, -0.05) is 27.7 Å². The van der Waals surface area contributed by atoms with E-state index in [2.05, 4.69) is 26.0 Å². The number of hydrogen-bond acceptors (Lipinski definition) is 1. The van der Waals surface area contributed by atoms with E-state index in [9.17, 15) is 0 Å². The Balaban J connectivity index is 0.000000461. The number of thiophene rings is 1. The van der Waals surface area contributed by atoms with Gasteiger partial charge >= 0.3 is 0 Å². The lowest BCUT2D eigenvalue weighted by Crippen LogP contribution is -1.65. The Morgan fingerprint density at radius 1 is 1.00 bits per heavy atom. The first-order valence-electron chi connectivity index (χ1n) is 4.44. The molecule has 0 nitrogen and oxygen atoms in total. The van der Waals surface area contributed by atoms with Crippen molar-refractivity contribution in [3.8, 4) is 0 Å². The van der Waals surface area contributed by atoms with Gasteiger partial charge in [0, 0.05) is 9.75 Å². The lowest BCUT2D eigenvalue weighted by atomic mass is 10.3. The summed E-state index contributed by atoms with van der Waals surface area (Å²) in [6, 6.07) is 4.45. The van der Waals surface area contributed by atoms with Crippen LogP contribution in [0.4, 0.5) is 0 Å². The van der Waals surface area contributed by atoms with Crippen LogP contribution >= 0.6 is 11.3 Å². The van der Waals surface area contributed by atoms with Crippen molar-refractivity contribution in [2.75, 3.05) is 0 Å². The van der Waals surface area contributed by atoms with Crippen LogP contribution in [0.1, 0.15) is 37.4 Å². The van der Waals surface area contributed by atoms with Crippen LogP contribution in [0.2, 0.25) is 0 Å². The highest BCUT2D eigenvalue weighted by Crippen LogP contribution is 2.16. The Hall–Kier alpha value is -0.300. The molecule has 1 aromatic heterocycles. The van der Waals surface area contributed by atoms with E-state index in [4.69, 9.17) is 0 Å². The molecule has 0 fully saturated rings. The first-order valence-corrected chi connectivity index (χ1v) is 5.26. The summed E-state index contributed by atoms with van der Waals surface area (Å²) < 4.78 is 0. The maximum Gasteiger partial charge on any atom is 0.00454 e. The molecule has 0 N–H and O–H groups in total. The molecular weight excluding hydrogens is 152 g/mol. The highest BCUT2D eigenvalue weighted by molar-refractivity contribution is 7.11. The highest BCUT2D eigenvalue weighted by atomic mass is 32.1. The molecule has 1 heterocycles. The molecule has 0 unspecified atom stereocenters. The lowest BCUT2D eigenvalue weighted by molar-refractivity contribution is 1.18. The maximum atomic E-state index is 2.23. The molecule has 0 atom stereocenters. The summed E-state index contributed by atoms with van der Waals surface area (Å²) in [6.07, 6.45) is 2.37. The molecule has 0 aliphatic heterocycles. The Bertz CT molecular complexity index is 158. The third kappa shape index (κ3) is 3.57. The molecule has 1 aromatic rings. The molecule has 1 heteroatoms.